The molecule has 1 aliphatic heterocycles. The predicted octanol–water partition coefficient (Wildman–Crippen LogP) is 3.57. The normalized spacial score (nSPS) is 20.3. The van der Waals surface area contributed by atoms with Gasteiger partial charge in [-0.1, -0.05) is 18.2 Å². The molecular weight excluding hydrogens is 328 g/mol. The summed E-state index contributed by atoms with van der Waals surface area (Å²) >= 11 is 0. The Bertz CT molecular complexity index is 768. The summed E-state index contributed by atoms with van der Waals surface area (Å²) in [6.45, 7) is 8.57. The molecule has 1 aliphatic rings. The highest BCUT2D eigenvalue weighted by Crippen LogP contribution is 2.32. The second-order valence-electron chi connectivity index (χ2n) is 7.49. The number of pyridine rings is 1. The number of hydrogen-bond acceptors (Lipinski definition) is 4. The van der Waals surface area contributed by atoms with Crippen LogP contribution in [-0.2, 0) is 17.9 Å². The van der Waals surface area contributed by atoms with Crippen molar-refractivity contribution in [3.05, 3.63) is 58.9 Å². The van der Waals surface area contributed by atoms with E-state index in [2.05, 4.69) is 35.9 Å². The molecule has 0 saturated carbocycles. The molecule has 1 unspecified atom stereocenters. The Hall–Kier alpha value is -2.40. The number of nitrogens with zero attached hydrogens (tertiary/aromatic N) is 2. The quantitative estimate of drug-likeness (QED) is 0.859. The fourth-order valence-electron chi connectivity index (χ4n) is 3.61. The molecule has 5 nitrogen and oxygen atoms in total. The van der Waals surface area contributed by atoms with Gasteiger partial charge < -0.3 is 9.84 Å². The topological polar surface area (TPSA) is 62.7 Å². The molecule has 138 valence electrons. The minimum atomic E-state index is -0.703. The molecule has 0 aliphatic carbocycles. The molecule has 1 fully saturated rings. The molecule has 0 radical (unpaired) electrons. The third kappa shape index (κ3) is 4.05. The fourth-order valence-corrected chi connectivity index (χ4v) is 3.61. The number of benzene rings is 1. The summed E-state index contributed by atoms with van der Waals surface area (Å²) in [5.74, 6) is 0.196. The summed E-state index contributed by atoms with van der Waals surface area (Å²) in [4.78, 5) is 17.9. The molecule has 0 bridgehead atoms. The van der Waals surface area contributed by atoms with Gasteiger partial charge in [-0.3, -0.25) is 14.7 Å². The number of hydrogen-bond donors (Lipinski definition) is 1. The molecule has 26 heavy (non-hydrogen) atoms. The van der Waals surface area contributed by atoms with Gasteiger partial charge in [0.2, 0.25) is 0 Å². The van der Waals surface area contributed by atoms with Crippen molar-refractivity contribution >= 4 is 5.97 Å². The number of carboxylic acids is 1. The Morgan fingerprint density at radius 1 is 1.31 bits per heavy atom. The predicted molar refractivity (Wildman–Crippen MR) is 100 cm³/mol. The molecule has 1 atom stereocenters. The lowest BCUT2D eigenvalue weighted by atomic mass is 9.90. The zero-order valence-electron chi connectivity index (χ0n) is 15.7. The molecule has 3 rings (SSSR count). The number of aromatic nitrogens is 1. The lowest BCUT2D eigenvalue weighted by Crippen LogP contribution is -2.31. The highest BCUT2D eigenvalue weighted by molar-refractivity contribution is 5.74. The van der Waals surface area contributed by atoms with Gasteiger partial charge in [-0.2, -0.15) is 0 Å². The SMILES string of the molecule is Cc1cc(CN2CCC(C)(C(=O)O)C2)cc(C)c1OCc1ccccn1. The van der Waals surface area contributed by atoms with E-state index in [9.17, 15) is 9.90 Å². The van der Waals surface area contributed by atoms with Crippen LogP contribution >= 0.6 is 0 Å². The molecule has 0 spiro atoms. The number of ether oxygens (including phenoxy) is 1. The van der Waals surface area contributed by atoms with Crippen molar-refractivity contribution < 1.29 is 14.6 Å². The van der Waals surface area contributed by atoms with Gasteiger partial charge in [-0.15, -0.1) is 0 Å². The second kappa shape index (κ2) is 7.46. The second-order valence-corrected chi connectivity index (χ2v) is 7.49. The van der Waals surface area contributed by atoms with E-state index in [4.69, 9.17) is 4.74 Å². The maximum absolute atomic E-state index is 11.4. The number of carbonyl (C=O) groups is 1. The maximum atomic E-state index is 11.4. The maximum Gasteiger partial charge on any atom is 0.310 e. The molecule has 1 saturated heterocycles. The Morgan fingerprint density at radius 2 is 2.04 bits per heavy atom. The van der Waals surface area contributed by atoms with Crippen LogP contribution in [0.2, 0.25) is 0 Å². The number of aryl methyl sites for hydroxylation is 2. The summed E-state index contributed by atoms with van der Waals surface area (Å²) in [5.41, 5.74) is 3.66. The van der Waals surface area contributed by atoms with Gasteiger partial charge in [0, 0.05) is 19.3 Å². The average Bonchev–Trinajstić information content (AvgIpc) is 2.97. The van der Waals surface area contributed by atoms with Crippen molar-refractivity contribution in [3.8, 4) is 5.75 Å². The molecule has 2 aromatic rings. The number of likely N-dealkylation sites (tertiary alicyclic amines) is 1. The van der Waals surface area contributed by atoms with Crippen molar-refractivity contribution in [2.75, 3.05) is 13.1 Å². The minimum absolute atomic E-state index is 0.449. The molecular formula is C21H26N2O3. The smallest absolute Gasteiger partial charge is 0.310 e. The van der Waals surface area contributed by atoms with Gasteiger partial charge in [0.1, 0.15) is 12.4 Å². The average molecular weight is 354 g/mol. The van der Waals surface area contributed by atoms with E-state index in [1.54, 1.807) is 6.20 Å². The summed E-state index contributed by atoms with van der Waals surface area (Å²) in [6.07, 6.45) is 2.47. The molecule has 2 heterocycles. The van der Waals surface area contributed by atoms with Gasteiger partial charge in [-0.05, 0) is 62.6 Å². The van der Waals surface area contributed by atoms with E-state index < -0.39 is 11.4 Å². The first-order valence-corrected chi connectivity index (χ1v) is 8.96. The van der Waals surface area contributed by atoms with Gasteiger partial charge in [0.15, 0.2) is 0 Å². The van der Waals surface area contributed by atoms with Gasteiger partial charge in [0.05, 0.1) is 11.1 Å². The number of carboxylic acid groups (broad SMARTS) is 1. The van der Waals surface area contributed by atoms with Gasteiger partial charge in [-0.25, -0.2) is 0 Å². The summed E-state index contributed by atoms with van der Waals surface area (Å²) in [6, 6.07) is 10.1. The van der Waals surface area contributed by atoms with Crippen LogP contribution in [0.1, 0.15) is 35.7 Å². The van der Waals surface area contributed by atoms with E-state index in [-0.39, 0.29) is 0 Å². The Kier molecular flexibility index (Phi) is 5.28. The monoisotopic (exact) mass is 354 g/mol. The van der Waals surface area contributed by atoms with E-state index in [1.807, 2.05) is 25.1 Å². The van der Waals surface area contributed by atoms with Crippen LogP contribution in [0.25, 0.3) is 0 Å². The van der Waals surface area contributed by atoms with Gasteiger partial charge in [0.25, 0.3) is 0 Å². The molecule has 0 amide bonds. The van der Waals surface area contributed by atoms with Crippen LogP contribution in [-0.4, -0.2) is 34.0 Å². The van der Waals surface area contributed by atoms with Crippen LogP contribution in [0.15, 0.2) is 36.5 Å². The summed E-state index contributed by atoms with van der Waals surface area (Å²) in [5, 5.41) is 9.39. The van der Waals surface area contributed by atoms with Crippen LogP contribution in [0, 0.1) is 19.3 Å². The van der Waals surface area contributed by atoms with Crippen LogP contribution in [0.5, 0.6) is 5.75 Å². The first-order chi connectivity index (χ1) is 12.4. The third-order valence-electron chi connectivity index (χ3n) is 5.09. The van der Waals surface area contributed by atoms with E-state index >= 15 is 0 Å². The lowest BCUT2D eigenvalue weighted by molar-refractivity contribution is -0.147. The number of aliphatic carboxylic acids is 1. The lowest BCUT2D eigenvalue weighted by Gasteiger charge is -2.21. The first kappa shape index (κ1) is 18.4. The van der Waals surface area contributed by atoms with E-state index in [1.165, 1.54) is 5.56 Å². The zero-order valence-corrected chi connectivity index (χ0v) is 15.7. The zero-order chi connectivity index (χ0) is 18.7. The van der Waals surface area contributed by atoms with Crippen LogP contribution in [0.4, 0.5) is 0 Å². The van der Waals surface area contributed by atoms with Crippen molar-refractivity contribution in [1.82, 2.24) is 9.88 Å². The first-order valence-electron chi connectivity index (χ1n) is 8.96. The highest BCUT2D eigenvalue weighted by Gasteiger charge is 2.40. The Morgan fingerprint density at radius 3 is 2.62 bits per heavy atom. The molecule has 1 aromatic heterocycles. The third-order valence-corrected chi connectivity index (χ3v) is 5.09. The fraction of sp³-hybridized carbons (Fsp3) is 0.429. The van der Waals surface area contributed by atoms with E-state index in [0.717, 1.165) is 35.7 Å². The van der Waals surface area contributed by atoms with Crippen molar-refractivity contribution in [1.29, 1.82) is 0 Å². The van der Waals surface area contributed by atoms with Gasteiger partial charge >= 0.3 is 5.97 Å². The summed E-state index contributed by atoms with van der Waals surface area (Å²) < 4.78 is 5.99. The Balaban J connectivity index is 1.67. The standard InChI is InChI=1S/C21H26N2O3/c1-15-10-17(12-23-9-7-21(3,14-23)20(24)25)11-16(2)19(15)26-13-18-6-4-5-8-22-18/h4-6,8,10-11H,7,9,12-14H2,1-3H3,(H,24,25). The number of rotatable bonds is 6. The molecule has 1 N–H and O–H groups in total. The minimum Gasteiger partial charge on any atom is -0.487 e. The largest absolute Gasteiger partial charge is 0.487 e. The van der Waals surface area contributed by atoms with Crippen molar-refractivity contribution in [2.24, 2.45) is 5.41 Å². The van der Waals surface area contributed by atoms with Crippen LogP contribution < -0.4 is 4.74 Å². The highest BCUT2D eigenvalue weighted by atomic mass is 16.5. The molecule has 1 aromatic carbocycles. The van der Waals surface area contributed by atoms with Crippen LogP contribution in [0.3, 0.4) is 0 Å². The van der Waals surface area contributed by atoms with E-state index in [0.29, 0.717) is 19.6 Å². The van der Waals surface area contributed by atoms with Crippen molar-refractivity contribution in [3.63, 3.8) is 0 Å². The summed E-state index contributed by atoms with van der Waals surface area (Å²) in [7, 11) is 0. The molecule has 5 heteroatoms. The Labute approximate surface area is 154 Å². The van der Waals surface area contributed by atoms with Crippen molar-refractivity contribution in [2.45, 2.75) is 40.3 Å².